The molecule has 0 spiro atoms. The van der Waals surface area contributed by atoms with Crippen LogP contribution >= 0.6 is 15.9 Å². The Balaban J connectivity index is 2.10. The van der Waals surface area contributed by atoms with E-state index in [2.05, 4.69) is 31.2 Å². The second kappa shape index (κ2) is 4.44. The van der Waals surface area contributed by atoms with Crippen LogP contribution in [0.5, 0.6) is 0 Å². The summed E-state index contributed by atoms with van der Waals surface area (Å²) in [6.07, 6.45) is 2.91. The summed E-state index contributed by atoms with van der Waals surface area (Å²) in [5.74, 6) is -0.889. The summed E-state index contributed by atoms with van der Waals surface area (Å²) in [5, 5.41) is 2.58. The van der Waals surface area contributed by atoms with Gasteiger partial charge in [0.2, 0.25) is 5.95 Å². The van der Waals surface area contributed by atoms with Crippen molar-refractivity contribution in [3.8, 4) is 0 Å². The van der Waals surface area contributed by atoms with E-state index in [0.717, 1.165) is 4.47 Å². The zero-order valence-corrected chi connectivity index (χ0v) is 9.58. The monoisotopic (exact) mass is 283 g/mol. The lowest BCUT2D eigenvalue weighted by atomic mass is 10.3. The van der Waals surface area contributed by atoms with E-state index < -0.39 is 5.95 Å². The number of carbonyl (C=O) groups excluding carboxylic acids is 1. The van der Waals surface area contributed by atoms with Gasteiger partial charge in [0.15, 0.2) is 0 Å². The zero-order chi connectivity index (χ0) is 11.5. The Kier molecular flexibility index (Phi) is 3.00. The van der Waals surface area contributed by atoms with Crippen LogP contribution in [0.1, 0.15) is 10.5 Å². The molecule has 1 amide bonds. The van der Waals surface area contributed by atoms with Crippen molar-refractivity contribution in [3.05, 3.63) is 46.7 Å². The predicted molar refractivity (Wildman–Crippen MR) is 60.6 cm³/mol. The summed E-state index contributed by atoms with van der Waals surface area (Å²) in [6, 6.07) is 4.27. The second-order valence-electron chi connectivity index (χ2n) is 3.06. The summed E-state index contributed by atoms with van der Waals surface area (Å²) in [6.45, 7) is 0. The van der Waals surface area contributed by atoms with Crippen LogP contribution in [-0.2, 0) is 0 Å². The Morgan fingerprint density at radius 3 is 2.88 bits per heavy atom. The first-order valence-corrected chi connectivity index (χ1v) is 5.21. The lowest BCUT2D eigenvalue weighted by Gasteiger charge is -2.02. The molecule has 0 aliphatic carbocycles. The van der Waals surface area contributed by atoms with Crippen molar-refractivity contribution in [2.75, 3.05) is 5.32 Å². The Morgan fingerprint density at radius 2 is 2.31 bits per heavy atom. The van der Waals surface area contributed by atoms with Crippen molar-refractivity contribution in [2.24, 2.45) is 0 Å². The molecular weight excluding hydrogens is 277 g/mol. The van der Waals surface area contributed by atoms with Gasteiger partial charge in [0.1, 0.15) is 5.69 Å². The van der Waals surface area contributed by atoms with E-state index in [1.807, 2.05) is 0 Å². The van der Waals surface area contributed by atoms with Crippen LogP contribution < -0.4 is 5.32 Å². The Labute approximate surface area is 99.0 Å². The van der Waals surface area contributed by atoms with Gasteiger partial charge in [0.25, 0.3) is 5.91 Å². The van der Waals surface area contributed by atoms with Crippen molar-refractivity contribution in [2.45, 2.75) is 0 Å². The summed E-state index contributed by atoms with van der Waals surface area (Å²) in [7, 11) is 0. The number of nitrogens with zero attached hydrogens (tertiary/aromatic N) is 1. The molecule has 0 atom stereocenters. The third kappa shape index (κ3) is 2.46. The van der Waals surface area contributed by atoms with Crippen molar-refractivity contribution in [1.29, 1.82) is 0 Å². The molecule has 0 fully saturated rings. The van der Waals surface area contributed by atoms with Crippen molar-refractivity contribution in [1.82, 2.24) is 9.97 Å². The fourth-order valence-corrected chi connectivity index (χ4v) is 1.49. The molecule has 16 heavy (non-hydrogen) atoms. The maximum Gasteiger partial charge on any atom is 0.272 e. The molecule has 4 nitrogen and oxygen atoms in total. The molecule has 0 saturated carbocycles. The molecule has 2 aromatic rings. The second-order valence-corrected chi connectivity index (χ2v) is 3.97. The quantitative estimate of drug-likeness (QED) is 0.833. The van der Waals surface area contributed by atoms with Crippen molar-refractivity contribution >= 4 is 27.5 Å². The van der Waals surface area contributed by atoms with E-state index in [0.29, 0.717) is 11.4 Å². The average molecular weight is 284 g/mol. The first kappa shape index (κ1) is 10.8. The number of carbonyl (C=O) groups is 1. The predicted octanol–water partition coefficient (Wildman–Crippen LogP) is 2.56. The number of pyridine rings is 1. The maximum atomic E-state index is 12.5. The molecule has 0 unspecified atom stereocenters. The summed E-state index contributed by atoms with van der Waals surface area (Å²) < 4.78 is 13.3. The van der Waals surface area contributed by atoms with Crippen LogP contribution in [0.3, 0.4) is 0 Å². The lowest BCUT2D eigenvalue weighted by molar-refractivity contribution is 0.102. The standard InChI is InChI=1S/C10H7BrFN3O/c11-6-3-8(13-4-6)10(16)15-7-1-2-9(12)14-5-7/h1-5,13H,(H,15,16). The largest absolute Gasteiger partial charge is 0.356 e. The number of aromatic nitrogens is 2. The minimum Gasteiger partial charge on any atom is -0.356 e. The zero-order valence-electron chi connectivity index (χ0n) is 8.00. The highest BCUT2D eigenvalue weighted by molar-refractivity contribution is 9.10. The maximum absolute atomic E-state index is 12.5. The van der Waals surface area contributed by atoms with Crippen molar-refractivity contribution in [3.63, 3.8) is 0 Å². The minimum atomic E-state index is -0.583. The van der Waals surface area contributed by atoms with Gasteiger partial charge in [0, 0.05) is 10.7 Å². The van der Waals surface area contributed by atoms with E-state index in [1.165, 1.54) is 18.3 Å². The number of halogens is 2. The van der Waals surface area contributed by atoms with Crippen LogP contribution in [0.25, 0.3) is 0 Å². The van der Waals surface area contributed by atoms with Gasteiger partial charge < -0.3 is 10.3 Å². The molecule has 82 valence electrons. The molecule has 6 heteroatoms. The number of rotatable bonds is 2. The number of amides is 1. The van der Waals surface area contributed by atoms with E-state index in [4.69, 9.17) is 0 Å². The topological polar surface area (TPSA) is 57.8 Å². The number of anilines is 1. The normalized spacial score (nSPS) is 10.1. The molecule has 0 bridgehead atoms. The number of aromatic amines is 1. The molecule has 2 aromatic heterocycles. The highest BCUT2D eigenvalue weighted by Crippen LogP contribution is 2.12. The Bertz CT molecular complexity index is 509. The summed E-state index contributed by atoms with van der Waals surface area (Å²) >= 11 is 3.22. The van der Waals surface area contributed by atoms with Crippen molar-refractivity contribution < 1.29 is 9.18 Å². The first-order chi connectivity index (χ1) is 7.65. The lowest BCUT2D eigenvalue weighted by Crippen LogP contribution is -2.12. The molecule has 2 rings (SSSR count). The Morgan fingerprint density at radius 1 is 1.50 bits per heavy atom. The van der Waals surface area contributed by atoms with E-state index in [-0.39, 0.29) is 5.91 Å². The fraction of sp³-hybridized carbons (Fsp3) is 0. The van der Waals surface area contributed by atoms with E-state index >= 15 is 0 Å². The molecule has 0 aliphatic heterocycles. The molecule has 0 radical (unpaired) electrons. The van der Waals surface area contributed by atoms with Gasteiger partial charge in [-0.1, -0.05) is 0 Å². The summed E-state index contributed by atoms with van der Waals surface area (Å²) in [4.78, 5) is 17.8. The number of hydrogen-bond acceptors (Lipinski definition) is 2. The fourth-order valence-electron chi connectivity index (χ4n) is 1.15. The van der Waals surface area contributed by atoms with E-state index in [1.54, 1.807) is 12.3 Å². The van der Waals surface area contributed by atoms with Gasteiger partial charge in [-0.25, -0.2) is 4.98 Å². The third-order valence-corrected chi connectivity index (χ3v) is 2.34. The van der Waals surface area contributed by atoms with Crippen LogP contribution in [0.15, 0.2) is 35.1 Å². The van der Waals surface area contributed by atoms with Gasteiger partial charge in [0.05, 0.1) is 11.9 Å². The van der Waals surface area contributed by atoms with Gasteiger partial charge in [-0.2, -0.15) is 4.39 Å². The molecular formula is C10H7BrFN3O. The third-order valence-electron chi connectivity index (χ3n) is 1.88. The first-order valence-electron chi connectivity index (χ1n) is 4.42. The number of H-pyrrole nitrogens is 1. The average Bonchev–Trinajstić information content (AvgIpc) is 2.68. The molecule has 2 heterocycles. The molecule has 0 saturated heterocycles. The van der Waals surface area contributed by atoms with Gasteiger partial charge in [-0.05, 0) is 34.1 Å². The highest BCUT2D eigenvalue weighted by atomic mass is 79.9. The van der Waals surface area contributed by atoms with Gasteiger partial charge >= 0.3 is 0 Å². The summed E-state index contributed by atoms with van der Waals surface area (Å²) in [5.41, 5.74) is 0.855. The smallest absolute Gasteiger partial charge is 0.272 e. The molecule has 0 aromatic carbocycles. The Hall–Kier alpha value is -1.69. The molecule has 2 N–H and O–H groups in total. The van der Waals surface area contributed by atoms with Crippen LogP contribution in [-0.4, -0.2) is 15.9 Å². The molecule has 0 aliphatic rings. The highest BCUT2D eigenvalue weighted by Gasteiger charge is 2.08. The number of hydrogen-bond donors (Lipinski definition) is 2. The number of nitrogens with one attached hydrogen (secondary N) is 2. The van der Waals surface area contributed by atoms with Crippen LogP contribution in [0.2, 0.25) is 0 Å². The SMILES string of the molecule is O=C(Nc1ccc(F)nc1)c1cc(Br)c[nH]1. The van der Waals surface area contributed by atoms with Crippen LogP contribution in [0, 0.1) is 5.95 Å². The van der Waals surface area contributed by atoms with Crippen LogP contribution in [0.4, 0.5) is 10.1 Å². The minimum absolute atomic E-state index is 0.306. The van der Waals surface area contributed by atoms with Gasteiger partial charge in [-0.3, -0.25) is 4.79 Å². The van der Waals surface area contributed by atoms with Gasteiger partial charge in [-0.15, -0.1) is 0 Å². The van der Waals surface area contributed by atoms with E-state index in [9.17, 15) is 9.18 Å².